The fraction of sp³-hybridized carbons (Fsp3) is 0.176. The summed E-state index contributed by atoms with van der Waals surface area (Å²) in [5.41, 5.74) is 2.20. The van der Waals surface area contributed by atoms with Crippen molar-refractivity contribution in [3.05, 3.63) is 53.2 Å². The molecule has 6 nitrogen and oxygen atoms in total. The molecule has 3 aromatic heterocycles. The summed E-state index contributed by atoms with van der Waals surface area (Å²) in [6, 6.07) is 12.0. The maximum absolute atomic E-state index is 5.79. The lowest BCUT2D eigenvalue weighted by Gasteiger charge is -2.04. The Kier molecular flexibility index (Phi) is 5.00. The summed E-state index contributed by atoms with van der Waals surface area (Å²) in [6.07, 6.45) is 0. The van der Waals surface area contributed by atoms with Gasteiger partial charge in [0.2, 0.25) is 11.0 Å². The number of aromatic nitrogens is 4. The van der Waals surface area contributed by atoms with Crippen LogP contribution in [0.5, 0.6) is 0 Å². The zero-order valence-corrected chi connectivity index (χ0v) is 16.5. The lowest BCUT2D eigenvalue weighted by molar-refractivity contribution is 0.510. The molecule has 0 saturated heterocycles. The number of hydrogen-bond acceptors (Lipinski definition) is 9. The molecule has 0 aliphatic rings. The Balaban J connectivity index is 1.43. The largest absolute Gasteiger partial charge is 0.419 e. The zero-order valence-electron chi connectivity index (χ0n) is 14.0. The van der Waals surface area contributed by atoms with Crippen LogP contribution in [0, 0.1) is 6.92 Å². The summed E-state index contributed by atoms with van der Waals surface area (Å²) >= 11 is 4.64. The molecule has 132 valence electrons. The molecule has 0 amide bonds. The zero-order chi connectivity index (χ0) is 17.9. The highest BCUT2D eigenvalue weighted by Gasteiger charge is 2.19. The van der Waals surface area contributed by atoms with Gasteiger partial charge in [-0.1, -0.05) is 47.4 Å². The quantitative estimate of drug-likeness (QED) is 0.424. The van der Waals surface area contributed by atoms with E-state index in [-0.39, 0.29) is 5.25 Å². The van der Waals surface area contributed by atoms with Gasteiger partial charge < -0.3 is 9.73 Å². The smallest absolute Gasteiger partial charge is 0.257 e. The van der Waals surface area contributed by atoms with Crippen LogP contribution in [-0.4, -0.2) is 20.4 Å². The van der Waals surface area contributed by atoms with E-state index in [4.69, 9.17) is 4.42 Å². The molecule has 4 aromatic rings. The van der Waals surface area contributed by atoms with Crippen LogP contribution in [0.3, 0.4) is 0 Å². The molecule has 0 fully saturated rings. The minimum atomic E-state index is -0.00419. The van der Waals surface area contributed by atoms with E-state index in [0.717, 1.165) is 25.6 Å². The molecule has 1 atom stereocenters. The first-order valence-electron chi connectivity index (χ1n) is 7.89. The van der Waals surface area contributed by atoms with Gasteiger partial charge in [0, 0.05) is 5.69 Å². The molecular weight excluding hydrogens is 386 g/mol. The second-order valence-electron chi connectivity index (χ2n) is 5.50. The average Bonchev–Trinajstić information content (AvgIpc) is 3.38. The van der Waals surface area contributed by atoms with E-state index >= 15 is 0 Å². The van der Waals surface area contributed by atoms with Gasteiger partial charge in [0.15, 0.2) is 4.34 Å². The molecule has 0 spiro atoms. The maximum atomic E-state index is 5.79. The van der Waals surface area contributed by atoms with Gasteiger partial charge in [-0.3, -0.25) is 0 Å². The van der Waals surface area contributed by atoms with Crippen molar-refractivity contribution in [1.82, 2.24) is 20.4 Å². The van der Waals surface area contributed by atoms with Crippen LogP contribution in [0.15, 0.2) is 50.5 Å². The second kappa shape index (κ2) is 7.56. The highest BCUT2D eigenvalue weighted by Crippen LogP contribution is 2.38. The summed E-state index contributed by atoms with van der Waals surface area (Å²) in [7, 11) is 0. The predicted molar refractivity (Wildman–Crippen MR) is 106 cm³/mol. The summed E-state index contributed by atoms with van der Waals surface area (Å²) < 4.78 is 6.64. The highest BCUT2D eigenvalue weighted by molar-refractivity contribution is 8.01. The summed E-state index contributed by atoms with van der Waals surface area (Å²) in [4.78, 5) is 0.974. The summed E-state index contributed by atoms with van der Waals surface area (Å²) in [6.45, 7) is 4.08. The molecule has 0 aliphatic heterocycles. The van der Waals surface area contributed by atoms with Crippen molar-refractivity contribution < 1.29 is 4.42 Å². The fourth-order valence-corrected chi connectivity index (χ4v) is 4.82. The number of anilines is 2. The topological polar surface area (TPSA) is 76.7 Å². The summed E-state index contributed by atoms with van der Waals surface area (Å²) in [5, 5.41) is 22.8. The lowest BCUT2D eigenvalue weighted by Crippen LogP contribution is -1.91. The van der Waals surface area contributed by atoms with Gasteiger partial charge >= 0.3 is 0 Å². The van der Waals surface area contributed by atoms with Gasteiger partial charge in [-0.25, -0.2) is 0 Å². The standard InChI is InChI=1S/C17H15N5OS3/c1-10-6-3-4-7-12(10)18-16-21-22-17(26-16)25-11(2)14-19-20-15(23-14)13-8-5-9-24-13/h3-9,11H,1-2H3,(H,18,21)/t11-/m0/s1. The number of rotatable bonds is 6. The molecular formula is C17H15N5OS3. The van der Waals surface area contributed by atoms with Crippen LogP contribution in [0.2, 0.25) is 0 Å². The van der Waals surface area contributed by atoms with E-state index < -0.39 is 0 Å². The second-order valence-corrected chi connectivity index (χ2v) is 9.01. The average molecular weight is 402 g/mol. The molecule has 9 heteroatoms. The van der Waals surface area contributed by atoms with Crippen molar-refractivity contribution in [2.24, 2.45) is 0 Å². The van der Waals surface area contributed by atoms with Gasteiger partial charge in [0.1, 0.15) is 0 Å². The van der Waals surface area contributed by atoms with Gasteiger partial charge in [-0.15, -0.1) is 31.7 Å². The lowest BCUT2D eigenvalue weighted by atomic mass is 10.2. The molecule has 0 aliphatic carbocycles. The molecule has 4 rings (SSSR count). The normalized spacial score (nSPS) is 12.2. The Morgan fingerprint density at radius 1 is 1.08 bits per heavy atom. The Bertz CT molecular complexity index is 995. The number of para-hydroxylation sites is 1. The van der Waals surface area contributed by atoms with Crippen molar-refractivity contribution >= 4 is 45.3 Å². The monoisotopic (exact) mass is 401 g/mol. The first-order valence-corrected chi connectivity index (χ1v) is 10.5. The molecule has 1 N–H and O–H groups in total. The summed E-state index contributed by atoms with van der Waals surface area (Å²) in [5.74, 6) is 1.14. The number of thioether (sulfide) groups is 1. The third-order valence-electron chi connectivity index (χ3n) is 3.59. The number of aryl methyl sites for hydroxylation is 1. The Hall–Kier alpha value is -2.23. The molecule has 3 heterocycles. The van der Waals surface area contributed by atoms with E-state index in [9.17, 15) is 0 Å². The van der Waals surface area contributed by atoms with Crippen LogP contribution in [-0.2, 0) is 0 Å². The van der Waals surface area contributed by atoms with Crippen LogP contribution < -0.4 is 5.32 Å². The number of hydrogen-bond donors (Lipinski definition) is 1. The number of nitrogens with zero attached hydrogens (tertiary/aromatic N) is 4. The minimum absolute atomic E-state index is 0.00419. The highest BCUT2D eigenvalue weighted by atomic mass is 32.2. The molecule has 0 radical (unpaired) electrons. The first kappa shape index (κ1) is 17.2. The van der Waals surface area contributed by atoms with Gasteiger partial charge in [-0.05, 0) is 36.9 Å². The Labute approximate surface area is 162 Å². The molecule has 0 bridgehead atoms. The van der Waals surface area contributed by atoms with Crippen LogP contribution in [0.4, 0.5) is 10.8 Å². The van der Waals surface area contributed by atoms with Crippen molar-refractivity contribution in [1.29, 1.82) is 0 Å². The Morgan fingerprint density at radius 2 is 1.96 bits per heavy atom. The van der Waals surface area contributed by atoms with Crippen molar-refractivity contribution in [3.8, 4) is 10.8 Å². The van der Waals surface area contributed by atoms with Gasteiger partial charge in [0.25, 0.3) is 5.89 Å². The van der Waals surface area contributed by atoms with E-state index in [2.05, 4.69) is 38.7 Å². The number of nitrogens with one attached hydrogen (secondary N) is 1. The third-order valence-corrected chi connectivity index (χ3v) is 6.46. The molecule has 26 heavy (non-hydrogen) atoms. The van der Waals surface area contributed by atoms with Crippen molar-refractivity contribution in [2.45, 2.75) is 23.4 Å². The van der Waals surface area contributed by atoms with Crippen LogP contribution in [0.25, 0.3) is 10.8 Å². The molecule has 0 saturated carbocycles. The van der Waals surface area contributed by atoms with Crippen LogP contribution >= 0.6 is 34.4 Å². The predicted octanol–water partition coefficient (Wildman–Crippen LogP) is 5.55. The SMILES string of the molecule is Cc1ccccc1Nc1nnc(S[C@@H](C)c2nnc(-c3cccs3)o2)s1. The number of thiophene rings is 1. The maximum Gasteiger partial charge on any atom is 0.257 e. The number of benzene rings is 1. The molecule has 0 unspecified atom stereocenters. The molecule has 1 aromatic carbocycles. The minimum Gasteiger partial charge on any atom is -0.419 e. The van der Waals surface area contributed by atoms with E-state index in [1.807, 2.05) is 42.6 Å². The van der Waals surface area contributed by atoms with E-state index in [0.29, 0.717) is 11.8 Å². The van der Waals surface area contributed by atoms with Gasteiger partial charge in [-0.2, -0.15) is 0 Å². The van der Waals surface area contributed by atoms with Crippen molar-refractivity contribution in [2.75, 3.05) is 5.32 Å². The fourth-order valence-electron chi connectivity index (χ4n) is 2.24. The van der Waals surface area contributed by atoms with Crippen molar-refractivity contribution in [3.63, 3.8) is 0 Å². The van der Waals surface area contributed by atoms with E-state index in [1.54, 1.807) is 23.1 Å². The van der Waals surface area contributed by atoms with E-state index in [1.165, 1.54) is 11.3 Å². The third kappa shape index (κ3) is 3.79. The first-order chi connectivity index (χ1) is 12.7. The van der Waals surface area contributed by atoms with Crippen LogP contribution in [0.1, 0.15) is 23.6 Å². The van der Waals surface area contributed by atoms with Gasteiger partial charge in [0.05, 0.1) is 10.1 Å². The Morgan fingerprint density at radius 3 is 2.77 bits per heavy atom.